The molecule has 2 aromatic carbocycles. The van der Waals surface area contributed by atoms with Crippen LogP contribution >= 0.6 is 0 Å². The molecule has 178 valence electrons. The maximum Gasteiger partial charge on any atom is 0.264 e. The van der Waals surface area contributed by atoms with Crippen LogP contribution in [0.3, 0.4) is 0 Å². The number of piperidine rings is 1. The van der Waals surface area contributed by atoms with E-state index in [1.54, 1.807) is 10.8 Å². The highest BCUT2D eigenvalue weighted by Crippen LogP contribution is 2.19. The first-order valence-electron chi connectivity index (χ1n) is 12.4. The lowest BCUT2D eigenvalue weighted by molar-refractivity contribution is 0.204. The van der Waals surface area contributed by atoms with Gasteiger partial charge in [-0.15, -0.1) is 0 Å². The van der Waals surface area contributed by atoms with Gasteiger partial charge in [0.1, 0.15) is 0 Å². The van der Waals surface area contributed by atoms with Crippen LogP contribution in [0.5, 0.6) is 0 Å². The Morgan fingerprint density at radius 1 is 1.03 bits per heavy atom. The molecule has 0 aliphatic carbocycles. The summed E-state index contributed by atoms with van der Waals surface area (Å²) >= 11 is 0. The van der Waals surface area contributed by atoms with Gasteiger partial charge in [0.25, 0.3) is 5.56 Å². The smallest absolute Gasteiger partial charge is 0.264 e. The zero-order chi connectivity index (χ0) is 24.2. The number of likely N-dealkylation sites (tertiary alicyclic amines) is 1. The topological polar surface area (TPSA) is 69.1 Å². The van der Waals surface area contributed by atoms with Gasteiger partial charge >= 0.3 is 0 Å². The molecule has 1 saturated heterocycles. The molecule has 1 aliphatic heterocycles. The molecular weight excluding hydrogens is 434 g/mol. The van der Waals surface area contributed by atoms with Gasteiger partial charge in [-0.3, -0.25) is 14.0 Å². The Labute approximate surface area is 206 Å². The van der Waals surface area contributed by atoms with Gasteiger partial charge in [-0.2, -0.15) is 5.10 Å². The molecule has 0 atom stereocenters. The number of nitrogens with zero attached hydrogens (tertiary/aromatic N) is 4. The van der Waals surface area contributed by atoms with E-state index in [9.17, 15) is 4.79 Å². The van der Waals surface area contributed by atoms with E-state index in [1.165, 1.54) is 0 Å². The molecule has 5 rings (SSSR count). The summed E-state index contributed by atoms with van der Waals surface area (Å²) in [6.07, 6.45) is 6.66. The minimum absolute atomic E-state index is 0.0348. The van der Waals surface area contributed by atoms with Crippen LogP contribution in [0.15, 0.2) is 71.8 Å². The van der Waals surface area contributed by atoms with E-state index in [0.29, 0.717) is 11.4 Å². The Kier molecular flexibility index (Phi) is 6.80. The number of aryl methyl sites for hydroxylation is 1. The van der Waals surface area contributed by atoms with Gasteiger partial charge in [-0.25, -0.2) is 0 Å². The van der Waals surface area contributed by atoms with Crippen LogP contribution in [0.4, 0.5) is 0 Å². The number of rotatable bonds is 5. The highest BCUT2D eigenvalue weighted by atomic mass is 16.1. The molecule has 4 aromatic rings. The van der Waals surface area contributed by atoms with E-state index in [1.807, 2.05) is 59.4 Å². The fraction of sp³-hybridized carbons (Fsp3) is 0.310. The molecule has 2 N–H and O–H groups in total. The second-order valence-corrected chi connectivity index (χ2v) is 9.16. The van der Waals surface area contributed by atoms with E-state index in [4.69, 9.17) is 5.73 Å². The van der Waals surface area contributed by atoms with Crippen molar-refractivity contribution in [2.75, 3.05) is 19.6 Å². The number of fused-ring (bicyclic) bond motifs is 1. The standard InChI is InChI=1S/C29H31N5O/c1-2-26-19-24-8-6-7-23(28(24)29(35)34(26)27-9-4-3-5-10-27)12-11-22-20-31-33(21-22)18-17-32-15-13-25(30)14-16-32/h3-10,19-21,25H,2,13-18,30H2,1H3. The number of hydrogen-bond donors (Lipinski definition) is 1. The van der Waals surface area contributed by atoms with Crippen LogP contribution in [0.25, 0.3) is 16.5 Å². The highest BCUT2D eigenvalue weighted by molar-refractivity contribution is 5.88. The third kappa shape index (κ3) is 5.07. The molecule has 6 heteroatoms. The molecule has 1 aliphatic rings. The first-order chi connectivity index (χ1) is 17.1. The monoisotopic (exact) mass is 465 g/mol. The molecule has 0 unspecified atom stereocenters. The zero-order valence-electron chi connectivity index (χ0n) is 20.2. The number of pyridine rings is 1. The largest absolute Gasteiger partial charge is 0.328 e. The number of hydrogen-bond acceptors (Lipinski definition) is 4. The van der Waals surface area contributed by atoms with Crippen LogP contribution in [0, 0.1) is 11.8 Å². The van der Waals surface area contributed by atoms with Gasteiger partial charge in [-0.05, 0) is 62.0 Å². The van der Waals surface area contributed by atoms with Crippen LogP contribution in [0.2, 0.25) is 0 Å². The number of para-hydroxylation sites is 1. The average Bonchev–Trinajstić information content (AvgIpc) is 3.35. The summed E-state index contributed by atoms with van der Waals surface area (Å²) in [7, 11) is 0. The number of nitrogens with two attached hydrogens (primary N) is 1. The minimum Gasteiger partial charge on any atom is -0.328 e. The maximum atomic E-state index is 13.7. The molecule has 2 aromatic heterocycles. The molecule has 1 fully saturated rings. The Hall–Kier alpha value is -3.66. The Bertz CT molecular complexity index is 1430. The van der Waals surface area contributed by atoms with Crippen LogP contribution < -0.4 is 11.3 Å². The van der Waals surface area contributed by atoms with E-state index in [0.717, 1.165) is 73.3 Å². The predicted octanol–water partition coefficient (Wildman–Crippen LogP) is 3.57. The summed E-state index contributed by atoms with van der Waals surface area (Å²) in [4.78, 5) is 16.1. The Balaban J connectivity index is 1.42. The first kappa shape index (κ1) is 23.1. The lowest BCUT2D eigenvalue weighted by Gasteiger charge is -2.29. The van der Waals surface area contributed by atoms with Gasteiger partial charge in [0.2, 0.25) is 0 Å². The fourth-order valence-corrected chi connectivity index (χ4v) is 4.75. The molecule has 3 heterocycles. The number of aromatic nitrogens is 3. The van der Waals surface area contributed by atoms with Crippen molar-refractivity contribution in [3.63, 3.8) is 0 Å². The second kappa shape index (κ2) is 10.3. The summed E-state index contributed by atoms with van der Waals surface area (Å²) in [5.41, 5.74) is 9.40. The molecule has 0 radical (unpaired) electrons. The third-order valence-electron chi connectivity index (χ3n) is 6.75. The van der Waals surface area contributed by atoms with Crippen molar-refractivity contribution in [1.82, 2.24) is 19.2 Å². The molecule has 6 nitrogen and oxygen atoms in total. The summed E-state index contributed by atoms with van der Waals surface area (Å²) in [5, 5.41) is 6.05. The fourth-order valence-electron chi connectivity index (χ4n) is 4.75. The zero-order valence-corrected chi connectivity index (χ0v) is 20.2. The Morgan fingerprint density at radius 3 is 2.60 bits per heavy atom. The lowest BCUT2D eigenvalue weighted by Crippen LogP contribution is -2.40. The Morgan fingerprint density at radius 2 is 1.83 bits per heavy atom. The van der Waals surface area contributed by atoms with Gasteiger partial charge in [0.15, 0.2) is 0 Å². The van der Waals surface area contributed by atoms with Crippen LogP contribution in [0.1, 0.15) is 36.6 Å². The maximum absolute atomic E-state index is 13.7. The van der Waals surface area contributed by atoms with Crippen molar-refractivity contribution in [1.29, 1.82) is 0 Å². The molecular formula is C29H31N5O. The normalized spacial score (nSPS) is 14.7. The van der Waals surface area contributed by atoms with E-state index in [2.05, 4.69) is 34.8 Å². The molecule has 0 saturated carbocycles. The van der Waals surface area contributed by atoms with Crippen LogP contribution in [-0.4, -0.2) is 44.9 Å². The lowest BCUT2D eigenvalue weighted by atomic mass is 10.0. The highest BCUT2D eigenvalue weighted by Gasteiger charge is 2.16. The molecule has 0 bridgehead atoms. The molecule has 35 heavy (non-hydrogen) atoms. The van der Waals surface area contributed by atoms with Crippen molar-refractivity contribution in [3.8, 4) is 17.5 Å². The summed E-state index contributed by atoms with van der Waals surface area (Å²) < 4.78 is 3.75. The van der Waals surface area contributed by atoms with Crippen molar-refractivity contribution >= 4 is 10.8 Å². The van der Waals surface area contributed by atoms with Crippen molar-refractivity contribution < 1.29 is 0 Å². The molecule has 0 spiro atoms. The van der Waals surface area contributed by atoms with Crippen molar-refractivity contribution in [2.24, 2.45) is 5.73 Å². The van der Waals surface area contributed by atoms with E-state index < -0.39 is 0 Å². The quantitative estimate of drug-likeness (QED) is 0.458. The van der Waals surface area contributed by atoms with Gasteiger partial charge in [-0.1, -0.05) is 49.1 Å². The second-order valence-electron chi connectivity index (χ2n) is 9.16. The number of benzene rings is 2. The SMILES string of the molecule is CCc1cc2cccc(C#Cc3cnn(CCN4CCC(N)CC4)c3)c2c(=O)n1-c1ccccc1. The summed E-state index contributed by atoms with van der Waals surface area (Å²) in [5.74, 6) is 6.46. The first-order valence-corrected chi connectivity index (χ1v) is 12.4. The van der Waals surface area contributed by atoms with Crippen molar-refractivity contribution in [2.45, 2.75) is 38.8 Å². The third-order valence-corrected chi connectivity index (χ3v) is 6.75. The van der Waals surface area contributed by atoms with Crippen molar-refractivity contribution in [3.05, 3.63) is 94.2 Å². The van der Waals surface area contributed by atoms with E-state index >= 15 is 0 Å². The van der Waals surface area contributed by atoms with Gasteiger partial charge < -0.3 is 10.6 Å². The minimum atomic E-state index is -0.0348. The van der Waals surface area contributed by atoms with Crippen LogP contribution in [-0.2, 0) is 13.0 Å². The van der Waals surface area contributed by atoms with E-state index in [-0.39, 0.29) is 5.56 Å². The molecule has 0 amide bonds. The predicted molar refractivity (Wildman–Crippen MR) is 141 cm³/mol. The summed E-state index contributed by atoms with van der Waals surface area (Å²) in [6, 6.07) is 18.1. The van der Waals surface area contributed by atoms with Gasteiger partial charge in [0, 0.05) is 35.7 Å². The summed E-state index contributed by atoms with van der Waals surface area (Å²) in [6.45, 7) is 5.96. The average molecular weight is 466 g/mol. The van der Waals surface area contributed by atoms with Gasteiger partial charge in [0.05, 0.1) is 23.7 Å².